The third kappa shape index (κ3) is 1.89. The van der Waals surface area contributed by atoms with Crippen molar-refractivity contribution in [1.82, 2.24) is 9.97 Å². The Bertz CT molecular complexity index is 331. The molecule has 1 aromatic heterocycles. The van der Waals surface area contributed by atoms with Crippen LogP contribution in [0.25, 0.3) is 0 Å². The molecule has 0 aliphatic carbocycles. The maximum atomic E-state index is 4.41. The molecular formula is C11H18N4. The highest BCUT2D eigenvalue weighted by atomic mass is 15.2. The monoisotopic (exact) mass is 206 g/mol. The molecule has 4 heteroatoms. The van der Waals surface area contributed by atoms with Gasteiger partial charge in [0.15, 0.2) is 0 Å². The van der Waals surface area contributed by atoms with E-state index in [0.29, 0.717) is 0 Å². The molecular weight excluding hydrogens is 188 g/mol. The van der Waals surface area contributed by atoms with Crippen LogP contribution in [-0.2, 0) is 6.42 Å². The third-order valence-corrected chi connectivity index (χ3v) is 2.92. The lowest BCUT2D eigenvalue weighted by molar-refractivity contribution is 0.900. The molecule has 82 valence electrons. The molecule has 1 saturated heterocycles. The number of hydrogen-bond donors (Lipinski definition) is 1. The van der Waals surface area contributed by atoms with Crippen molar-refractivity contribution >= 4 is 11.6 Å². The van der Waals surface area contributed by atoms with Crippen LogP contribution in [0.4, 0.5) is 11.6 Å². The topological polar surface area (TPSA) is 41.1 Å². The summed E-state index contributed by atoms with van der Waals surface area (Å²) in [7, 11) is 1.91. The van der Waals surface area contributed by atoms with E-state index in [1.54, 1.807) is 6.33 Å². The van der Waals surface area contributed by atoms with Crippen LogP contribution >= 0.6 is 0 Å². The summed E-state index contributed by atoms with van der Waals surface area (Å²) in [6.07, 6.45) is 5.19. The Kier molecular flexibility index (Phi) is 3.04. The zero-order valence-electron chi connectivity index (χ0n) is 9.45. The summed E-state index contributed by atoms with van der Waals surface area (Å²) in [4.78, 5) is 11.0. The minimum absolute atomic E-state index is 0.967. The SMILES string of the molecule is CCc1c(NC)ncnc1N1CCCC1. The fourth-order valence-electron chi connectivity index (χ4n) is 2.15. The van der Waals surface area contributed by atoms with Gasteiger partial charge in [-0.1, -0.05) is 6.92 Å². The second-order valence-corrected chi connectivity index (χ2v) is 3.82. The summed E-state index contributed by atoms with van der Waals surface area (Å²) in [5.41, 5.74) is 1.24. The first kappa shape index (κ1) is 10.2. The molecule has 0 radical (unpaired) electrons. The highest BCUT2D eigenvalue weighted by molar-refractivity contribution is 5.58. The fourth-order valence-corrected chi connectivity index (χ4v) is 2.15. The minimum Gasteiger partial charge on any atom is -0.373 e. The molecule has 1 aliphatic rings. The Labute approximate surface area is 90.7 Å². The summed E-state index contributed by atoms with van der Waals surface area (Å²) < 4.78 is 0. The highest BCUT2D eigenvalue weighted by Crippen LogP contribution is 2.26. The van der Waals surface area contributed by atoms with Crippen LogP contribution in [0.5, 0.6) is 0 Å². The maximum Gasteiger partial charge on any atom is 0.137 e. The number of nitrogens with zero attached hydrogens (tertiary/aromatic N) is 3. The molecule has 0 unspecified atom stereocenters. The van der Waals surface area contributed by atoms with Crippen molar-refractivity contribution < 1.29 is 0 Å². The summed E-state index contributed by atoms with van der Waals surface area (Å²) in [6.45, 7) is 4.42. The summed E-state index contributed by atoms with van der Waals surface area (Å²) in [5, 5.41) is 3.13. The van der Waals surface area contributed by atoms with E-state index in [1.807, 2.05) is 7.05 Å². The molecule has 2 heterocycles. The van der Waals surface area contributed by atoms with Gasteiger partial charge >= 0.3 is 0 Å². The van der Waals surface area contributed by atoms with Crippen molar-refractivity contribution in [2.75, 3.05) is 30.4 Å². The summed E-state index contributed by atoms with van der Waals surface area (Å²) >= 11 is 0. The van der Waals surface area contributed by atoms with Gasteiger partial charge in [0, 0.05) is 25.7 Å². The lowest BCUT2D eigenvalue weighted by atomic mass is 10.2. The van der Waals surface area contributed by atoms with Gasteiger partial charge in [-0.2, -0.15) is 0 Å². The molecule has 0 aromatic carbocycles. The van der Waals surface area contributed by atoms with Gasteiger partial charge < -0.3 is 10.2 Å². The Balaban J connectivity index is 2.36. The van der Waals surface area contributed by atoms with Gasteiger partial charge in [-0.3, -0.25) is 0 Å². The summed E-state index contributed by atoms with van der Waals surface area (Å²) in [6, 6.07) is 0. The number of anilines is 2. The van der Waals surface area contributed by atoms with Crippen LogP contribution in [-0.4, -0.2) is 30.1 Å². The van der Waals surface area contributed by atoms with Crippen molar-refractivity contribution in [3.05, 3.63) is 11.9 Å². The van der Waals surface area contributed by atoms with E-state index >= 15 is 0 Å². The van der Waals surface area contributed by atoms with Crippen molar-refractivity contribution in [2.45, 2.75) is 26.2 Å². The first-order valence-corrected chi connectivity index (χ1v) is 5.63. The average molecular weight is 206 g/mol. The van der Waals surface area contributed by atoms with Gasteiger partial charge in [-0.15, -0.1) is 0 Å². The van der Waals surface area contributed by atoms with Gasteiger partial charge in [0.25, 0.3) is 0 Å². The maximum absolute atomic E-state index is 4.41. The largest absolute Gasteiger partial charge is 0.373 e. The normalized spacial score (nSPS) is 15.7. The quantitative estimate of drug-likeness (QED) is 0.817. The zero-order valence-corrected chi connectivity index (χ0v) is 9.45. The van der Waals surface area contributed by atoms with Gasteiger partial charge in [0.2, 0.25) is 0 Å². The lowest BCUT2D eigenvalue weighted by Crippen LogP contribution is -2.21. The zero-order chi connectivity index (χ0) is 10.7. The van der Waals surface area contributed by atoms with Gasteiger partial charge in [-0.05, 0) is 19.3 Å². The van der Waals surface area contributed by atoms with Gasteiger partial charge in [-0.25, -0.2) is 9.97 Å². The van der Waals surface area contributed by atoms with E-state index in [-0.39, 0.29) is 0 Å². The van der Waals surface area contributed by atoms with Crippen molar-refractivity contribution in [3.63, 3.8) is 0 Å². The highest BCUT2D eigenvalue weighted by Gasteiger charge is 2.18. The molecule has 0 atom stereocenters. The Morgan fingerprint density at radius 1 is 1.33 bits per heavy atom. The van der Waals surface area contributed by atoms with Gasteiger partial charge in [0.05, 0.1) is 0 Å². The molecule has 4 nitrogen and oxygen atoms in total. The molecule has 15 heavy (non-hydrogen) atoms. The van der Waals surface area contributed by atoms with E-state index in [0.717, 1.165) is 31.1 Å². The van der Waals surface area contributed by atoms with E-state index in [4.69, 9.17) is 0 Å². The van der Waals surface area contributed by atoms with E-state index in [2.05, 4.69) is 27.1 Å². The first-order chi connectivity index (χ1) is 7.36. The average Bonchev–Trinajstić information content (AvgIpc) is 2.81. The number of hydrogen-bond acceptors (Lipinski definition) is 4. The Morgan fingerprint density at radius 3 is 2.67 bits per heavy atom. The van der Waals surface area contributed by atoms with Crippen molar-refractivity contribution in [2.24, 2.45) is 0 Å². The molecule has 1 aliphatic heterocycles. The van der Waals surface area contributed by atoms with E-state index in [1.165, 1.54) is 18.4 Å². The molecule has 1 aromatic rings. The van der Waals surface area contributed by atoms with Crippen LogP contribution in [0.1, 0.15) is 25.3 Å². The molecule has 1 N–H and O–H groups in total. The number of rotatable bonds is 3. The molecule has 0 spiro atoms. The predicted octanol–water partition coefficient (Wildman–Crippen LogP) is 1.68. The van der Waals surface area contributed by atoms with Crippen molar-refractivity contribution in [3.8, 4) is 0 Å². The van der Waals surface area contributed by atoms with E-state index < -0.39 is 0 Å². The predicted molar refractivity (Wildman–Crippen MR) is 62.4 cm³/mol. The first-order valence-electron chi connectivity index (χ1n) is 5.63. The second-order valence-electron chi connectivity index (χ2n) is 3.82. The van der Waals surface area contributed by atoms with Gasteiger partial charge in [0.1, 0.15) is 18.0 Å². The molecule has 0 saturated carbocycles. The van der Waals surface area contributed by atoms with Crippen LogP contribution in [0.2, 0.25) is 0 Å². The number of aromatic nitrogens is 2. The van der Waals surface area contributed by atoms with Crippen LogP contribution in [0.3, 0.4) is 0 Å². The second kappa shape index (κ2) is 4.47. The minimum atomic E-state index is 0.967. The third-order valence-electron chi connectivity index (χ3n) is 2.92. The molecule has 0 bridgehead atoms. The smallest absolute Gasteiger partial charge is 0.137 e. The van der Waals surface area contributed by atoms with Crippen LogP contribution in [0.15, 0.2) is 6.33 Å². The molecule has 2 rings (SSSR count). The summed E-state index contributed by atoms with van der Waals surface area (Å²) in [5.74, 6) is 2.09. The standard InChI is InChI=1S/C11H18N4/c1-3-9-10(12-2)13-8-14-11(9)15-6-4-5-7-15/h8H,3-7H2,1-2H3,(H,12,13,14). The van der Waals surface area contributed by atoms with Crippen LogP contribution < -0.4 is 10.2 Å². The molecule has 0 amide bonds. The number of nitrogens with one attached hydrogen (secondary N) is 1. The lowest BCUT2D eigenvalue weighted by Gasteiger charge is -2.20. The van der Waals surface area contributed by atoms with E-state index in [9.17, 15) is 0 Å². The fraction of sp³-hybridized carbons (Fsp3) is 0.636. The van der Waals surface area contributed by atoms with Crippen LogP contribution in [0, 0.1) is 0 Å². The Morgan fingerprint density at radius 2 is 2.07 bits per heavy atom. The molecule has 1 fully saturated rings. The Hall–Kier alpha value is -1.32. The van der Waals surface area contributed by atoms with Crippen molar-refractivity contribution in [1.29, 1.82) is 0 Å².